The molecule has 3 aliphatic rings. The normalized spacial score (nSPS) is 23.8. The first-order chi connectivity index (χ1) is 12.7. The number of hydrogen-bond donors (Lipinski definition) is 0. The Morgan fingerprint density at radius 2 is 1.50 bits per heavy atom. The molecule has 1 aliphatic carbocycles. The number of carbonyl (C=O) groups is 1. The van der Waals surface area contributed by atoms with Crippen molar-refractivity contribution in [1.29, 1.82) is 0 Å². The van der Waals surface area contributed by atoms with E-state index in [1.807, 2.05) is 4.90 Å². The Balaban J connectivity index is 1.27. The number of benzene rings is 1. The van der Waals surface area contributed by atoms with E-state index in [1.165, 1.54) is 12.1 Å². The van der Waals surface area contributed by atoms with E-state index in [-0.39, 0.29) is 17.1 Å². The number of halogens is 1. The fourth-order valence-electron chi connectivity index (χ4n) is 4.10. The van der Waals surface area contributed by atoms with Crippen molar-refractivity contribution in [3.05, 3.63) is 35.6 Å². The summed E-state index contributed by atoms with van der Waals surface area (Å²) in [6.45, 7) is 9.35. The van der Waals surface area contributed by atoms with Crippen molar-refractivity contribution >= 4 is 5.91 Å². The Bertz CT molecular complexity index is 618. The molecule has 5 nitrogen and oxygen atoms in total. The molecule has 2 heterocycles. The second-order valence-electron chi connectivity index (χ2n) is 7.68. The lowest BCUT2D eigenvalue weighted by Gasteiger charge is -2.38. The van der Waals surface area contributed by atoms with E-state index in [0.29, 0.717) is 0 Å². The highest BCUT2D eigenvalue weighted by molar-refractivity contribution is 5.91. The van der Waals surface area contributed by atoms with E-state index in [4.69, 9.17) is 4.74 Å². The molecule has 1 aromatic carbocycles. The van der Waals surface area contributed by atoms with Gasteiger partial charge in [-0.3, -0.25) is 14.6 Å². The maximum Gasteiger partial charge on any atom is 0.233 e. The zero-order valence-electron chi connectivity index (χ0n) is 15.3. The van der Waals surface area contributed by atoms with Gasteiger partial charge in [0, 0.05) is 52.4 Å². The number of hydrogen-bond acceptors (Lipinski definition) is 4. The number of piperazine rings is 1. The number of carbonyl (C=O) groups excluding carboxylic acids is 1. The Morgan fingerprint density at radius 3 is 2.08 bits per heavy atom. The highest BCUT2D eigenvalue weighted by Crippen LogP contribution is 2.49. The van der Waals surface area contributed by atoms with Gasteiger partial charge < -0.3 is 9.64 Å². The molecule has 2 aliphatic heterocycles. The Kier molecular flexibility index (Phi) is 5.25. The smallest absolute Gasteiger partial charge is 0.233 e. The molecule has 4 rings (SSSR count). The predicted molar refractivity (Wildman–Crippen MR) is 97.6 cm³/mol. The van der Waals surface area contributed by atoms with Crippen molar-refractivity contribution in [3.63, 3.8) is 0 Å². The zero-order valence-corrected chi connectivity index (χ0v) is 15.3. The predicted octanol–water partition coefficient (Wildman–Crippen LogP) is 1.33. The van der Waals surface area contributed by atoms with Crippen LogP contribution >= 0.6 is 0 Å². The Hall–Kier alpha value is -1.50. The van der Waals surface area contributed by atoms with Crippen molar-refractivity contribution in [1.82, 2.24) is 14.7 Å². The average molecular weight is 361 g/mol. The first kappa shape index (κ1) is 17.9. The van der Waals surface area contributed by atoms with E-state index < -0.39 is 0 Å². The maximum absolute atomic E-state index is 13.2. The van der Waals surface area contributed by atoms with Gasteiger partial charge in [0.05, 0.1) is 18.6 Å². The van der Waals surface area contributed by atoms with Gasteiger partial charge in [-0.15, -0.1) is 0 Å². The van der Waals surface area contributed by atoms with Crippen LogP contribution in [0.4, 0.5) is 4.39 Å². The summed E-state index contributed by atoms with van der Waals surface area (Å²) in [6.07, 6.45) is 1.77. The van der Waals surface area contributed by atoms with Crippen LogP contribution in [0.1, 0.15) is 18.4 Å². The molecular weight excluding hydrogens is 333 g/mol. The van der Waals surface area contributed by atoms with Crippen LogP contribution in [0.15, 0.2) is 24.3 Å². The molecule has 1 amide bonds. The SMILES string of the molecule is O=C(N1CCN(CCN2CCOCC2)CC1)C1(c2ccc(F)cc2)CC1. The molecule has 2 saturated heterocycles. The summed E-state index contributed by atoms with van der Waals surface area (Å²) in [5.74, 6) is -0.0113. The fraction of sp³-hybridized carbons (Fsp3) is 0.650. The van der Waals surface area contributed by atoms with Gasteiger partial charge >= 0.3 is 0 Å². The minimum Gasteiger partial charge on any atom is -0.379 e. The monoisotopic (exact) mass is 361 g/mol. The quantitative estimate of drug-likeness (QED) is 0.793. The van der Waals surface area contributed by atoms with Crippen LogP contribution in [0.2, 0.25) is 0 Å². The second kappa shape index (κ2) is 7.62. The molecule has 1 aromatic rings. The van der Waals surface area contributed by atoms with Crippen molar-refractivity contribution in [3.8, 4) is 0 Å². The summed E-state index contributed by atoms with van der Waals surface area (Å²) in [5.41, 5.74) is 0.586. The van der Waals surface area contributed by atoms with Gasteiger partial charge in [0.15, 0.2) is 0 Å². The van der Waals surface area contributed by atoms with Crippen LogP contribution < -0.4 is 0 Å². The van der Waals surface area contributed by atoms with Gasteiger partial charge in [-0.05, 0) is 30.5 Å². The lowest BCUT2D eigenvalue weighted by atomic mass is 9.94. The van der Waals surface area contributed by atoms with Crippen LogP contribution in [0.25, 0.3) is 0 Å². The standard InChI is InChI=1S/C20H28FN3O2/c21-18-3-1-17(2-4-18)20(5-6-20)19(25)24-11-9-22(10-12-24)7-8-23-13-15-26-16-14-23/h1-4H,5-16H2. The molecule has 1 saturated carbocycles. The highest BCUT2D eigenvalue weighted by atomic mass is 19.1. The van der Waals surface area contributed by atoms with Crippen molar-refractivity contribution in [2.75, 3.05) is 65.6 Å². The van der Waals surface area contributed by atoms with Crippen LogP contribution in [-0.2, 0) is 14.9 Å². The largest absolute Gasteiger partial charge is 0.379 e. The first-order valence-electron chi connectivity index (χ1n) is 9.75. The Labute approximate surface area is 154 Å². The van der Waals surface area contributed by atoms with E-state index in [2.05, 4.69) is 9.80 Å². The average Bonchev–Trinajstić information content (AvgIpc) is 3.49. The summed E-state index contributed by atoms with van der Waals surface area (Å²) in [6, 6.07) is 6.48. The van der Waals surface area contributed by atoms with Gasteiger partial charge in [0.1, 0.15) is 5.82 Å². The fourth-order valence-corrected chi connectivity index (χ4v) is 4.10. The van der Waals surface area contributed by atoms with Crippen LogP contribution in [0.5, 0.6) is 0 Å². The molecule has 142 valence electrons. The van der Waals surface area contributed by atoms with Crippen molar-refractivity contribution in [2.24, 2.45) is 0 Å². The van der Waals surface area contributed by atoms with Gasteiger partial charge in [-0.25, -0.2) is 4.39 Å². The lowest BCUT2D eigenvalue weighted by molar-refractivity contribution is -0.135. The topological polar surface area (TPSA) is 36.0 Å². The van der Waals surface area contributed by atoms with Crippen molar-refractivity contribution in [2.45, 2.75) is 18.3 Å². The molecule has 0 spiro atoms. The summed E-state index contributed by atoms with van der Waals surface area (Å²) in [5, 5.41) is 0. The molecule has 0 radical (unpaired) electrons. The van der Waals surface area contributed by atoms with E-state index in [0.717, 1.165) is 84.0 Å². The van der Waals surface area contributed by atoms with Crippen molar-refractivity contribution < 1.29 is 13.9 Å². The lowest BCUT2D eigenvalue weighted by Crippen LogP contribution is -2.53. The van der Waals surface area contributed by atoms with E-state index >= 15 is 0 Å². The third kappa shape index (κ3) is 3.77. The number of nitrogens with zero attached hydrogens (tertiary/aromatic N) is 3. The molecular formula is C20H28FN3O2. The van der Waals surface area contributed by atoms with E-state index in [1.54, 1.807) is 12.1 Å². The number of ether oxygens (including phenoxy) is 1. The minimum atomic E-state index is -0.385. The number of rotatable bonds is 5. The summed E-state index contributed by atoms with van der Waals surface area (Å²) < 4.78 is 18.6. The summed E-state index contributed by atoms with van der Waals surface area (Å²) in [7, 11) is 0. The second-order valence-corrected chi connectivity index (χ2v) is 7.68. The van der Waals surface area contributed by atoms with Crippen LogP contribution in [0, 0.1) is 5.82 Å². The summed E-state index contributed by atoms with van der Waals surface area (Å²) >= 11 is 0. The zero-order chi connectivity index (χ0) is 18.0. The van der Waals surface area contributed by atoms with Gasteiger partial charge in [-0.1, -0.05) is 12.1 Å². The van der Waals surface area contributed by atoms with Crippen LogP contribution in [0.3, 0.4) is 0 Å². The van der Waals surface area contributed by atoms with E-state index in [9.17, 15) is 9.18 Å². The van der Waals surface area contributed by atoms with Gasteiger partial charge in [0.25, 0.3) is 0 Å². The Morgan fingerprint density at radius 1 is 0.923 bits per heavy atom. The molecule has 0 N–H and O–H groups in total. The number of morpholine rings is 1. The third-order valence-electron chi connectivity index (χ3n) is 6.05. The highest BCUT2D eigenvalue weighted by Gasteiger charge is 2.53. The molecule has 0 unspecified atom stereocenters. The minimum absolute atomic E-state index is 0.233. The third-order valence-corrected chi connectivity index (χ3v) is 6.05. The summed E-state index contributed by atoms with van der Waals surface area (Å²) in [4.78, 5) is 20.0. The molecule has 3 fully saturated rings. The maximum atomic E-state index is 13.2. The molecule has 6 heteroatoms. The van der Waals surface area contributed by atoms with Crippen LogP contribution in [-0.4, -0.2) is 86.2 Å². The number of amides is 1. The first-order valence-corrected chi connectivity index (χ1v) is 9.75. The molecule has 26 heavy (non-hydrogen) atoms. The van der Waals surface area contributed by atoms with Gasteiger partial charge in [0.2, 0.25) is 5.91 Å². The molecule has 0 bridgehead atoms. The molecule has 0 aromatic heterocycles. The van der Waals surface area contributed by atoms with Gasteiger partial charge in [-0.2, -0.15) is 0 Å². The molecule has 0 atom stereocenters.